The number of carbonyl (C=O) groups is 1. The van der Waals surface area contributed by atoms with Crippen LogP contribution in [0, 0.1) is 12.8 Å². The SMILES string of the molecule is CCOCCOCCOc1ncc(-c2ccc(C(=O)NS(=O)c3cccnc3N)c(N3C[C@@H](C)CC3(C)C)n2)cc1C. The average Bonchev–Trinajstić information content (AvgIpc) is 3.24. The Labute approximate surface area is 249 Å². The first-order chi connectivity index (χ1) is 20.1. The Morgan fingerprint density at radius 2 is 1.93 bits per heavy atom. The first-order valence-electron chi connectivity index (χ1n) is 14.1. The number of aromatic nitrogens is 3. The molecule has 0 aromatic carbocycles. The van der Waals surface area contributed by atoms with Crippen molar-refractivity contribution < 1.29 is 23.2 Å². The van der Waals surface area contributed by atoms with Crippen molar-refractivity contribution in [1.29, 1.82) is 0 Å². The molecule has 11 nitrogen and oxygen atoms in total. The minimum absolute atomic E-state index is 0.101. The molecule has 1 amide bonds. The number of nitrogens with one attached hydrogen (secondary N) is 1. The van der Waals surface area contributed by atoms with E-state index in [-0.39, 0.29) is 16.3 Å². The van der Waals surface area contributed by atoms with E-state index < -0.39 is 16.9 Å². The fourth-order valence-corrected chi connectivity index (χ4v) is 5.95. The molecule has 0 aliphatic carbocycles. The lowest BCUT2D eigenvalue weighted by molar-refractivity contribution is 0.0398. The standard InChI is InChI=1S/C30H40N6O5S/c1-6-39-12-13-40-14-15-41-29-21(3)16-22(18-33-29)24-10-9-23(27(34-24)36-19-20(2)17-30(36,4)5)28(37)35-42(38)25-8-7-11-32-26(25)31/h7-11,16,18,20H,6,12-15,17,19H2,1-5H3,(H2,31,32)(H,35,37)/t20-,42?/m0/s1. The van der Waals surface area contributed by atoms with E-state index in [2.05, 4.69) is 40.4 Å². The Morgan fingerprint density at radius 3 is 2.62 bits per heavy atom. The number of amides is 1. The maximum Gasteiger partial charge on any atom is 0.266 e. The molecule has 1 aliphatic heterocycles. The summed E-state index contributed by atoms with van der Waals surface area (Å²) < 4.78 is 32.1. The van der Waals surface area contributed by atoms with Crippen LogP contribution in [0.3, 0.4) is 0 Å². The fraction of sp³-hybridized carbons (Fsp3) is 0.467. The van der Waals surface area contributed by atoms with Crippen molar-refractivity contribution in [1.82, 2.24) is 19.7 Å². The van der Waals surface area contributed by atoms with Crippen molar-refractivity contribution in [2.24, 2.45) is 5.92 Å². The van der Waals surface area contributed by atoms with Gasteiger partial charge in [-0.3, -0.25) is 9.52 Å². The summed E-state index contributed by atoms with van der Waals surface area (Å²) in [4.78, 5) is 29.3. The molecule has 1 saturated heterocycles. The van der Waals surface area contributed by atoms with Crippen molar-refractivity contribution >= 4 is 28.5 Å². The zero-order valence-corrected chi connectivity index (χ0v) is 25.7. The highest BCUT2D eigenvalue weighted by molar-refractivity contribution is 7.83. The third-order valence-corrected chi connectivity index (χ3v) is 8.12. The summed E-state index contributed by atoms with van der Waals surface area (Å²) in [5.74, 6) is 1.05. The molecule has 12 heteroatoms. The maximum absolute atomic E-state index is 13.5. The number of hydrogen-bond donors (Lipinski definition) is 2. The van der Waals surface area contributed by atoms with Gasteiger partial charge in [0, 0.05) is 42.2 Å². The summed E-state index contributed by atoms with van der Waals surface area (Å²) in [5.41, 5.74) is 8.28. The normalized spacial score (nSPS) is 16.8. The lowest BCUT2D eigenvalue weighted by Gasteiger charge is -2.34. The van der Waals surface area contributed by atoms with Crippen LogP contribution in [-0.2, 0) is 20.5 Å². The first-order valence-corrected chi connectivity index (χ1v) is 15.2. The molecule has 2 atom stereocenters. The first kappa shape index (κ1) is 31.3. The van der Waals surface area contributed by atoms with Crippen LogP contribution in [0.1, 0.15) is 50.0 Å². The molecule has 1 unspecified atom stereocenters. The third kappa shape index (κ3) is 7.61. The number of nitrogens with zero attached hydrogens (tertiary/aromatic N) is 4. The van der Waals surface area contributed by atoms with Crippen LogP contribution >= 0.6 is 0 Å². The molecule has 0 spiro atoms. The lowest BCUT2D eigenvalue weighted by atomic mass is 9.97. The van der Waals surface area contributed by atoms with Crippen LogP contribution in [0.5, 0.6) is 5.88 Å². The van der Waals surface area contributed by atoms with E-state index in [1.807, 2.05) is 19.9 Å². The summed E-state index contributed by atoms with van der Waals surface area (Å²) in [6.07, 6.45) is 4.16. The van der Waals surface area contributed by atoms with Gasteiger partial charge in [0.2, 0.25) is 5.88 Å². The Bertz CT molecular complexity index is 1420. The number of pyridine rings is 3. The molecule has 0 radical (unpaired) electrons. The van der Waals surface area contributed by atoms with Crippen LogP contribution in [-0.4, -0.2) is 70.2 Å². The van der Waals surface area contributed by atoms with Gasteiger partial charge < -0.3 is 24.8 Å². The van der Waals surface area contributed by atoms with Crippen molar-refractivity contribution in [3.8, 4) is 17.1 Å². The van der Waals surface area contributed by atoms with Gasteiger partial charge in [-0.15, -0.1) is 0 Å². The van der Waals surface area contributed by atoms with E-state index >= 15 is 0 Å². The minimum Gasteiger partial charge on any atom is -0.475 e. The summed E-state index contributed by atoms with van der Waals surface area (Å²) in [6.45, 7) is 13.6. The highest BCUT2D eigenvalue weighted by Gasteiger charge is 2.39. The van der Waals surface area contributed by atoms with Gasteiger partial charge in [0.05, 0.1) is 31.1 Å². The summed E-state index contributed by atoms with van der Waals surface area (Å²) in [7, 11) is -1.89. The number of aryl methyl sites for hydroxylation is 1. The number of nitrogen functional groups attached to an aromatic ring is 1. The molecular weight excluding hydrogens is 556 g/mol. The van der Waals surface area contributed by atoms with E-state index in [4.69, 9.17) is 24.9 Å². The molecule has 3 aromatic heterocycles. The van der Waals surface area contributed by atoms with E-state index in [0.717, 1.165) is 24.1 Å². The Kier molecular flexibility index (Phi) is 10.5. The molecule has 226 valence electrons. The number of carbonyl (C=O) groups excluding carboxylic acids is 1. The predicted octanol–water partition coefficient (Wildman–Crippen LogP) is 3.94. The zero-order chi connectivity index (χ0) is 30.3. The Hall–Kier alpha value is -3.61. The summed E-state index contributed by atoms with van der Waals surface area (Å²) in [5, 5.41) is 0. The number of rotatable bonds is 13. The van der Waals surface area contributed by atoms with Crippen molar-refractivity contribution in [2.75, 3.05) is 50.2 Å². The van der Waals surface area contributed by atoms with Gasteiger partial charge in [0.15, 0.2) is 11.0 Å². The van der Waals surface area contributed by atoms with E-state index in [9.17, 15) is 9.00 Å². The van der Waals surface area contributed by atoms with Crippen LogP contribution in [0.2, 0.25) is 0 Å². The lowest BCUT2D eigenvalue weighted by Crippen LogP contribution is -2.40. The van der Waals surface area contributed by atoms with Crippen molar-refractivity contribution in [3.63, 3.8) is 0 Å². The molecule has 0 bridgehead atoms. The summed E-state index contributed by atoms with van der Waals surface area (Å²) >= 11 is 0. The number of hydrogen-bond acceptors (Lipinski definition) is 10. The van der Waals surface area contributed by atoms with E-state index in [0.29, 0.717) is 61.9 Å². The fourth-order valence-electron chi connectivity index (χ4n) is 5.12. The van der Waals surface area contributed by atoms with E-state index in [1.165, 1.54) is 6.20 Å². The Morgan fingerprint density at radius 1 is 1.17 bits per heavy atom. The monoisotopic (exact) mass is 596 g/mol. The second-order valence-electron chi connectivity index (χ2n) is 10.9. The average molecular weight is 597 g/mol. The zero-order valence-electron chi connectivity index (χ0n) is 24.9. The van der Waals surface area contributed by atoms with Gasteiger partial charge in [-0.05, 0) is 70.4 Å². The number of nitrogens with two attached hydrogens (primary N) is 1. The second kappa shape index (κ2) is 14.0. The predicted molar refractivity (Wildman–Crippen MR) is 163 cm³/mol. The van der Waals surface area contributed by atoms with Crippen molar-refractivity contribution in [3.05, 3.63) is 53.9 Å². The van der Waals surface area contributed by atoms with Crippen molar-refractivity contribution in [2.45, 2.75) is 51.5 Å². The van der Waals surface area contributed by atoms with Gasteiger partial charge >= 0.3 is 0 Å². The minimum atomic E-state index is -1.89. The molecule has 0 saturated carbocycles. The molecule has 4 rings (SSSR count). The maximum atomic E-state index is 13.5. The summed E-state index contributed by atoms with van der Waals surface area (Å²) in [6, 6.07) is 8.65. The Balaban J connectivity index is 1.57. The highest BCUT2D eigenvalue weighted by Crippen LogP contribution is 2.38. The van der Waals surface area contributed by atoms with Crippen LogP contribution in [0.25, 0.3) is 11.3 Å². The molecule has 42 heavy (non-hydrogen) atoms. The largest absolute Gasteiger partial charge is 0.475 e. The van der Waals surface area contributed by atoms with Crippen LogP contribution < -0.4 is 20.1 Å². The molecule has 1 aliphatic rings. The van der Waals surface area contributed by atoms with E-state index in [1.54, 1.807) is 30.5 Å². The quantitative estimate of drug-likeness (QED) is 0.279. The smallest absolute Gasteiger partial charge is 0.266 e. The van der Waals surface area contributed by atoms with Gasteiger partial charge in [0.25, 0.3) is 5.91 Å². The molecule has 1 fully saturated rings. The van der Waals surface area contributed by atoms with Gasteiger partial charge in [-0.1, -0.05) is 6.92 Å². The topological polar surface area (TPSA) is 142 Å². The van der Waals surface area contributed by atoms with Gasteiger partial charge in [-0.25, -0.2) is 19.2 Å². The van der Waals surface area contributed by atoms with Gasteiger partial charge in [0.1, 0.15) is 23.1 Å². The number of ether oxygens (including phenoxy) is 3. The molecule has 4 heterocycles. The molecule has 3 aromatic rings. The second-order valence-corrected chi connectivity index (χ2v) is 12.1. The van der Waals surface area contributed by atoms with Crippen LogP contribution in [0.15, 0.2) is 47.6 Å². The number of anilines is 2. The highest BCUT2D eigenvalue weighted by atomic mass is 32.2. The molecular formula is C30H40N6O5S. The van der Waals surface area contributed by atoms with Gasteiger partial charge in [-0.2, -0.15) is 0 Å². The van der Waals surface area contributed by atoms with Crippen LogP contribution in [0.4, 0.5) is 11.6 Å². The molecule has 3 N–H and O–H groups in total. The third-order valence-electron chi connectivity index (χ3n) is 7.00.